The molecule has 0 radical (unpaired) electrons. The van der Waals surface area contributed by atoms with Crippen LogP contribution < -0.4 is 9.47 Å². The van der Waals surface area contributed by atoms with E-state index < -0.39 is 5.97 Å². The first-order valence-electron chi connectivity index (χ1n) is 10.4. The Morgan fingerprint density at radius 2 is 1.82 bits per heavy atom. The molecule has 8 nitrogen and oxygen atoms in total. The number of ether oxygens (including phenoxy) is 4. The van der Waals surface area contributed by atoms with Gasteiger partial charge < -0.3 is 23.5 Å². The molecule has 0 saturated heterocycles. The number of thiazole rings is 1. The Kier molecular flexibility index (Phi) is 8.24. The van der Waals surface area contributed by atoms with Crippen LogP contribution in [0.3, 0.4) is 0 Å². The van der Waals surface area contributed by atoms with Crippen molar-refractivity contribution >= 4 is 23.1 Å². The Bertz CT molecular complexity index is 1130. The Labute approximate surface area is 197 Å². The van der Waals surface area contributed by atoms with E-state index in [0.717, 1.165) is 23.4 Å². The molecule has 2 heterocycles. The van der Waals surface area contributed by atoms with Gasteiger partial charge in [0, 0.05) is 36.0 Å². The minimum atomic E-state index is -0.621. The van der Waals surface area contributed by atoms with E-state index in [4.69, 9.17) is 18.9 Å². The fourth-order valence-electron chi connectivity index (χ4n) is 3.58. The van der Waals surface area contributed by atoms with Gasteiger partial charge in [-0.05, 0) is 44.0 Å². The van der Waals surface area contributed by atoms with Crippen LogP contribution in [0.2, 0.25) is 0 Å². The minimum Gasteiger partial charge on any atom is -0.493 e. The number of nitrogens with zero attached hydrogens (tertiary/aromatic N) is 2. The van der Waals surface area contributed by atoms with Crippen molar-refractivity contribution in [2.45, 2.75) is 33.4 Å². The number of ketones is 1. The predicted molar refractivity (Wildman–Crippen MR) is 125 cm³/mol. The van der Waals surface area contributed by atoms with Gasteiger partial charge in [-0.15, -0.1) is 11.3 Å². The lowest BCUT2D eigenvalue weighted by Gasteiger charge is -2.12. The highest BCUT2D eigenvalue weighted by Crippen LogP contribution is 2.28. The number of hydrogen-bond acceptors (Lipinski definition) is 8. The standard InChI is InChI=1S/C24H28N2O6S/c1-15-10-18(20(27)12-32-24(28)19-14-33-23(25-19)13-29-3)16(2)26(15)9-8-17-6-7-21(30-4)22(11-17)31-5/h6-7,10-11,14H,8-9,12-13H2,1-5H3. The first-order chi connectivity index (χ1) is 15.9. The molecule has 0 saturated carbocycles. The minimum absolute atomic E-state index is 0.181. The van der Waals surface area contributed by atoms with Gasteiger partial charge in [-0.25, -0.2) is 9.78 Å². The maximum atomic E-state index is 12.7. The van der Waals surface area contributed by atoms with Crippen LogP contribution >= 0.6 is 11.3 Å². The number of aryl methyl sites for hydroxylation is 2. The highest BCUT2D eigenvalue weighted by Gasteiger charge is 2.19. The summed E-state index contributed by atoms with van der Waals surface area (Å²) in [5, 5.41) is 2.27. The van der Waals surface area contributed by atoms with E-state index in [1.54, 1.807) is 26.7 Å². The van der Waals surface area contributed by atoms with Gasteiger partial charge in [0.1, 0.15) is 5.01 Å². The van der Waals surface area contributed by atoms with Crippen LogP contribution in [-0.4, -0.2) is 49.2 Å². The predicted octanol–water partition coefficient (Wildman–Crippen LogP) is 4.01. The Morgan fingerprint density at radius 3 is 2.52 bits per heavy atom. The molecule has 0 bridgehead atoms. The second kappa shape index (κ2) is 11.1. The van der Waals surface area contributed by atoms with Gasteiger partial charge in [0.15, 0.2) is 23.8 Å². The van der Waals surface area contributed by atoms with Gasteiger partial charge >= 0.3 is 5.97 Å². The number of Topliss-reactive ketones (excluding diaryl/α,β-unsaturated/α-hetero) is 1. The largest absolute Gasteiger partial charge is 0.493 e. The van der Waals surface area contributed by atoms with Gasteiger partial charge in [0.05, 0.1) is 20.8 Å². The molecule has 0 N–H and O–H groups in total. The van der Waals surface area contributed by atoms with Crippen LogP contribution in [0.1, 0.15) is 42.8 Å². The van der Waals surface area contributed by atoms with Crippen molar-refractivity contribution < 1.29 is 28.5 Å². The molecular weight excluding hydrogens is 444 g/mol. The van der Waals surface area contributed by atoms with Gasteiger partial charge in [0.25, 0.3) is 0 Å². The lowest BCUT2D eigenvalue weighted by molar-refractivity contribution is 0.0469. The van der Waals surface area contributed by atoms with Crippen LogP contribution in [0.15, 0.2) is 29.6 Å². The van der Waals surface area contributed by atoms with Crippen LogP contribution in [0.25, 0.3) is 0 Å². The van der Waals surface area contributed by atoms with Crippen LogP contribution in [-0.2, 0) is 29.0 Å². The zero-order valence-electron chi connectivity index (χ0n) is 19.5. The molecule has 0 fully saturated rings. The van der Waals surface area contributed by atoms with Crippen LogP contribution in [0, 0.1) is 13.8 Å². The Hall–Kier alpha value is -3.17. The van der Waals surface area contributed by atoms with Crippen molar-refractivity contribution in [2.75, 3.05) is 27.9 Å². The van der Waals surface area contributed by atoms with Gasteiger partial charge in [-0.3, -0.25) is 4.79 Å². The van der Waals surface area contributed by atoms with Crippen molar-refractivity contribution in [1.82, 2.24) is 9.55 Å². The normalized spacial score (nSPS) is 10.8. The average Bonchev–Trinajstić information content (AvgIpc) is 3.40. The molecule has 3 rings (SSSR count). The maximum absolute atomic E-state index is 12.7. The molecule has 0 unspecified atom stereocenters. The number of hydrogen-bond donors (Lipinski definition) is 0. The van der Waals surface area contributed by atoms with Crippen molar-refractivity contribution in [3.05, 3.63) is 62.9 Å². The van der Waals surface area contributed by atoms with Crippen molar-refractivity contribution in [2.24, 2.45) is 0 Å². The van der Waals surface area contributed by atoms with E-state index >= 15 is 0 Å². The third-order valence-electron chi connectivity index (χ3n) is 5.31. The van der Waals surface area contributed by atoms with Crippen molar-refractivity contribution in [1.29, 1.82) is 0 Å². The lowest BCUT2D eigenvalue weighted by Crippen LogP contribution is -2.15. The summed E-state index contributed by atoms with van der Waals surface area (Å²) < 4.78 is 22.9. The summed E-state index contributed by atoms with van der Waals surface area (Å²) in [7, 11) is 4.78. The zero-order chi connectivity index (χ0) is 24.0. The Morgan fingerprint density at radius 1 is 1.06 bits per heavy atom. The molecule has 176 valence electrons. The van der Waals surface area contributed by atoms with Gasteiger partial charge in [-0.1, -0.05) is 6.07 Å². The third-order valence-corrected chi connectivity index (χ3v) is 6.13. The number of esters is 1. The van der Waals surface area contributed by atoms with Gasteiger partial charge in [0.2, 0.25) is 5.78 Å². The second-order valence-electron chi connectivity index (χ2n) is 7.43. The summed E-state index contributed by atoms with van der Waals surface area (Å²) in [5.41, 5.74) is 3.63. The molecule has 0 aliphatic carbocycles. The summed E-state index contributed by atoms with van der Waals surface area (Å²) >= 11 is 1.31. The molecule has 2 aromatic heterocycles. The highest BCUT2D eigenvalue weighted by atomic mass is 32.1. The fraction of sp³-hybridized carbons (Fsp3) is 0.375. The number of carbonyl (C=O) groups excluding carboxylic acids is 2. The number of rotatable bonds is 11. The zero-order valence-corrected chi connectivity index (χ0v) is 20.3. The summed E-state index contributed by atoms with van der Waals surface area (Å²) in [4.78, 5) is 29.1. The summed E-state index contributed by atoms with van der Waals surface area (Å²) in [6.45, 7) is 4.54. The van der Waals surface area contributed by atoms with Gasteiger partial charge in [-0.2, -0.15) is 0 Å². The smallest absolute Gasteiger partial charge is 0.358 e. The average molecular weight is 473 g/mol. The maximum Gasteiger partial charge on any atom is 0.358 e. The fourth-order valence-corrected chi connectivity index (χ4v) is 4.32. The number of methoxy groups -OCH3 is 3. The SMILES string of the molecule is COCc1nc(C(=O)OCC(=O)c2cc(C)n(CCc3ccc(OC)c(OC)c3)c2C)cs1. The molecule has 0 aliphatic heterocycles. The van der Waals surface area contributed by atoms with Crippen LogP contribution in [0.5, 0.6) is 11.5 Å². The molecule has 3 aromatic rings. The molecule has 9 heteroatoms. The van der Waals surface area contributed by atoms with Crippen molar-refractivity contribution in [3.8, 4) is 11.5 Å². The topological polar surface area (TPSA) is 88.9 Å². The number of aromatic nitrogens is 2. The van der Waals surface area contributed by atoms with E-state index in [0.29, 0.717) is 35.2 Å². The molecule has 33 heavy (non-hydrogen) atoms. The van der Waals surface area contributed by atoms with E-state index in [1.807, 2.05) is 38.1 Å². The molecular formula is C24H28N2O6S. The lowest BCUT2D eigenvalue weighted by atomic mass is 10.1. The molecule has 0 spiro atoms. The molecule has 0 amide bonds. The molecule has 0 atom stereocenters. The quantitative estimate of drug-likeness (QED) is 0.308. The summed E-state index contributed by atoms with van der Waals surface area (Å²) in [6.07, 6.45) is 0.757. The van der Waals surface area contributed by atoms with E-state index in [9.17, 15) is 9.59 Å². The molecule has 0 aliphatic rings. The van der Waals surface area contributed by atoms with E-state index in [1.165, 1.54) is 11.3 Å². The first-order valence-corrected chi connectivity index (χ1v) is 11.3. The molecule has 1 aromatic carbocycles. The second-order valence-corrected chi connectivity index (χ2v) is 8.38. The number of benzene rings is 1. The third kappa shape index (κ3) is 5.80. The highest BCUT2D eigenvalue weighted by molar-refractivity contribution is 7.09. The summed E-state index contributed by atoms with van der Waals surface area (Å²) in [6, 6.07) is 7.67. The van der Waals surface area contributed by atoms with Crippen LogP contribution in [0.4, 0.5) is 0 Å². The summed E-state index contributed by atoms with van der Waals surface area (Å²) in [5.74, 6) is 0.498. The van der Waals surface area contributed by atoms with E-state index in [2.05, 4.69) is 9.55 Å². The first kappa shape index (κ1) is 24.5. The number of carbonyl (C=O) groups is 2. The van der Waals surface area contributed by atoms with E-state index in [-0.39, 0.29) is 18.1 Å². The van der Waals surface area contributed by atoms with Crippen molar-refractivity contribution in [3.63, 3.8) is 0 Å². The monoisotopic (exact) mass is 472 g/mol. The Balaban J connectivity index is 1.63.